The number of benzene rings is 2. The molecule has 0 saturated carbocycles. The lowest BCUT2D eigenvalue weighted by Crippen LogP contribution is -2.43. The third-order valence-corrected chi connectivity index (χ3v) is 5.91. The molecule has 172 valence electrons. The van der Waals surface area contributed by atoms with Crippen LogP contribution in [0.4, 0.5) is 4.39 Å². The summed E-state index contributed by atoms with van der Waals surface area (Å²) in [6, 6.07) is 16.9. The molecular weight excluding hydrogens is 405 g/mol. The van der Waals surface area contributed by atoms with Crippen LogP contribution in [0, 0.1) is 11.7 Å². The minimum atomic E-state index is -0.237. The fraction of sp³-hybridized carbons (Fsp3) is 0.440. The number of hydrogen-bond donors (Lipinski definition) is 2. The van der Waals surface area contributed by atoms with Gasteiger partial charge in [0.2, 0.25) is 5.91 Å². The van der Waals surface area contributed by atoms with Gasteiger partial charge in [0.1, 0.15) is 5.82 Å². The Morgan fingerprint density at radius 3 is 2.66 bits per heavy atom. The van der Waals surface area contributed by atoms with Crippen molar-refractivity contribution in [2.75, 3.05) is 47.3 Å². The number of carbonyl (C=O) groups is 1. The fourth-order valence-corrected chi connectivity index (χ4v) is 4.08. The Hall–Kier alpha value is -2.93. The van der Waals surface area contributed by atoms with Gasteiger partial charge in [-0.25, -0.2) is 4.39 Å². The molecule has 32 heavy (non-hydrogen) atoms. The number of nitrogens with zero attached hydrogens (tertiary/aromatic N) is 3. The molecule has 1 heterocycles. The standard InChI is InChI=1S/C25H34FN5O/c1-27-25(29-17-23(30(2)3)21-10-7-11-22(26)15-21)28-16-20-14-24(32)31(18-20)13-12-19-8-5-4-6-9-19/h4-11,15,20,23H,12-14,16-18H2,1-3H3,(H2,27,28,29). The number of likely N-dealkylation sites (N-methyl/N-ethyl adjacent to an activating group) is 1. The second-order valence-electron chi connectivity index (χ2n) is 8.51. The summed E-state index contributed by atoms with van der Waals surface area (Å²) in [4.78, 5) is 20.7. The molecule has 2 atom stereocenters. The Morgan fingerprint density at radius 2 is 1.97 bits per heavy atom. The number of carbonyl (C=O) groups excluding carboxylic acids is 1. The number of likely N-dealkylation sites (tertiary alicyclic amines) is 1. The molecule has 0 aliphatic carbocycles. The largest absolute Gasteiger partial charge is 0.356 e. The Morgan fingerprint density at radius 1 is 1.19 bits per heavy atom. The Labute approximate surface area is 190 Å². The lowest BCUT2D eigenvalue weighted by molar-refractivity contribution is -0.127. The minimum absolute atomic E-state index is 0.00536. The van der Waals surface area contributed by atoms with E-state index in [0.29, 0.717) is 25.5 Å². The summed E-state index contributed by atoms with van der Waals surface area (Å²) in [5, 5.41) is 6.69. The van der Waals surface area contributed by atoms with Crippen molar-refractivity contribution < 1.29 is 9.18 Å². The second kappa shape index (κ2) is 11.6. The van der Waals surface area contributed by atoms with Gasteiger partial charge in [0, 0.05) is 45.6 Å². The van der Waals surface area contributed by atoms with Crippen molar-refractivity contribution in [1.29, 1.82) is 0 Å². The zero-order chi connectivity index (χ0) is 22.9. The van der Waals surface area contributed by atoms with Gasteiger partial charge < -0.3 is 20.4 Å². The number of guanidine groups is 1. The van der Waals surface area contributed by atoms with Crippen molar-refractivity contribution in [3.63, 3.8) is 0 Å². The summed E-state index contributed by atoms with van der Waals surface area (Å²) in [5.74, 6) is 0.919. The molecule has 0 aromatic heterocycles. The minimum Gasteiger partial charge on any atom is -0.356 e. The maximum atomic E-state index is 13.7. The SMILES string of the molecule is CN=C(NCC1CC(=O)N(CCc2ccccc2)C1)NCC(c1cccc(F)c1)N(C)C. The van der Waals surface area contributed by atoms with Gasteiger partial charge in [0.05, 0.1) is 6.04 Å². The van der Waals surface area contributed by atoms with Crippen molar-refractivity contribution >= 4 is 11.9 Å². The first kappa shape index (κ1) is 23.7. The Balaban J connectivity index is 1.46. The van der Waals surface area contributed by atoms with Crippen LogP contribution < -0.4 is 10.6 Å². The predicted molar refractivity (Wildman–Crippen MR) is 127 cm³/mol. The van der Waals surface area contributed by atoms with Crippen LogP contribution in [-0.2, 0) is 11.2 Å². The zero-order valence-corrected chi connectivity index (χ0v) is 19.2. The van der Waals surface area contributed by atoms with Crippen LogP contribution in [0.15, 0.2) is 59.6 Å². The molecule has 2 N–H and O–H groups in total. The van der Waals surface area contributed by atoms with E-state index in [1.54, 1.807) is 19.2 Å². The van der Waals surface area contributed by atoms with E-state index in [0.717, 1.165) is 25.1 Å². The lowest BCUT2D eigenvalue weighted by Gasteiger charge is -2.26. The summed E-state index contributed by atoms with van der Waals surface area (Å²) < 4.78 is 13.7. The summed E-state index contributed by atoms with van der Waals surface area (Å²) in [5.41, 5.74) is 2.16. The maximum absolute atomic E-state index is 13.7. The van der Waals surface area contributed by atoms with E-state index in [9.17, 15) is 9.18 Å². The van der Waals surface area contributed by atoms with Crippen molar-refractivity contribution in [2.45, 2.75) is 18.9 Å². The van der Waals surface area contributed by atoms with Gasteiger partial charge in [-0.1, -0.05) is 42.5 Å². The van der Waals surface area contributed by atoms with Crippen LogP contribution in [0.2, 0.25) is 0 Å². The Bertz CT molecular complexity index is 902. The molecule has 0 bridgehead atoms. The molecule has 1 fully saturated rings. The first-order valence-corrected chi connectivity index (χ1v) is 11.1. The molecule has 1 saturated heterocycles. The summed E-state index contributed by atoms with van der Waals surface area (Å²) in [6.45, 7) is 2.78. The highest BCUT2D eigenvalue weighted by atomic mass is 19.1. The van der Waals surface area contributed by atoms with Gasteiger partial charge in [-0.2, -0.15) is 0 Å². The predicted octanol–water partition coefficient (Wildman–Crippen LogP) is 2.68. The van der Waals surface area contributed by atoms with E-state index in [4.69, 9.17) is 0 Å². The van der Waals surface area contributed by atoms with E-state index in [1.165, 1.54) is 11.6 Å². The highest BCUT2D eigenvalue weighted by Crippen LogP contribution is 2.19. The third kappa shape index (κ3) is 6.79. The van der Waals surface area contributed by atoms with Crippen molar-refractivity contribution in [3.8, 4) is 0 Å². The molecule has 7 heteroatoms. The monoisotopic (exact) mass is 439 g/mol. The highest BCUT2D eigenvalue weighted by molar-refractivity contribution is 5.81. The number of nitrogens with one attached hydrogen (secondary N) is 2. The van der Waals surface area contributed by atoms with E-state index >= 15 is 0 Å². The van der Waals surface area contributed by atoms with Crippen LogP contribution in [0.5, 0.6) is 0 Å². The molecule has 6 nitrogen and oxygen atoms in total. The lowest BCUT2D eigenvalue weighted by atomic mass is 10.1. The summed E-state index contributed by atoms with van der Waals surface area (Å²) >= 11 is 0. The van der Waals surface area contributed by atoms with Gasteiger partial charge >= 0.3 is 0 Å². The Kier molecular flexibility index (Phi) is 8.62. The number of hydrogen-bond acceptors (Lipinski definition) is 3. The number of aliphatic imine (C=N–C) groups is 1. The second-order valence-corrected chi connectivity index (χ2v) is 8.51. The first-order valence-electron chi connectivity index (χ1n) is 11.1. The highest BCUT2D eigenvalue weighted by Gasteiger charge is 2.29. The van der Waals surface area contributed by atoms with Crippen LogP contribution in [0.25, 0.3) is 0 Å². The molecule has 2 aromatic rings. The molecule has 2 unspecified atom stereocenters. The van der Waals surface area contributed by atoms with E-state index < -0.39 is 0 Å². The fourth-order valence-electron chi connectivity index (χ4n) is 4.08. The molecule has 1 amide bonds. The van der Waals surface area contributed by atoms with Crippen LogP contribution in [-0.4, -0.2) is 69.0 Å². The molecule has 1 aliphatic rings. The number of amides is 1. The first-order chi connectivity index (χ1) is 15.5. The van der Waals surface area contributed by atoms with Crippen LogP contribution >= 0.6 is 0 Å². The van der Waals surface area contributed by atoms with Crippen LogP contribution in [0.3, 0.4) is 0 Å². The average Bonchev–Trinajstić information content (AvgIpc) is 3.14. The van der Waals surface area contributed by atoms with Gasteiger partial charge in [-0.3, -0.25) is 9.79 Å². The van der Waals surface area contributed by atoms with Gasteiger partial charge in [-0.05, 0) is 43.8 Å². The van der Waals surface area contributed by atoms with Gasteiger partial charge in [-0.15, -0.1) is 0 Å². The molecule has 1 aliphatic heterocycles. The van der Waals surface area contributed by atoms with Gasteiger partial charge in [0.15, 0.2) is 5.96 Å². The molecule has 3 rings (SSSR count). The molecule has 2 aromatic carbocycles. The summed E-state index contributed by atoms with van der Waals surface area (Å²) in [6.07, 6.45) is 1.43. The quantitative estimate of drug-likeness (QED) is 0.466. The number of halogens is 1. The van der Waals surface area contributed by atoms with Crippen LogP contribution in [0.1, 0.15) is 23.6 Å². The zero-order valence-electron chi connectivity index (χ0n) is 19.2. The summed E-state index contributed by atoms with van der Waals surface area (Å²) in [7, 11) is 5.68. The van der Waals surface area contributed by atoms with Gasteiger partial charge in [0.25, 0.3) is 0 Å². The molecule has 0 radical (unpaired) electrons. The van der Waals surface area contributed by atoms with E-state index in [1.807, 2.05) is 43.3 Å². The van der Waals surface area contributed by atoms with Crippen molar-refractivity contribution in [2.24, 2.45) is 10.9 Å². The smallest absolute Gasteiger partial charge is 0.223 e. The van der Waals surface area contributed by atoms with Crippen molar-refractivity contribution in [3.05, 3.63) is 71.5 Å². The molecule has 0 spiro atoms. The molecular formula is C25H34FN5O. The normalized spacial score (nSPS) is 17.7. The maximum Gasteiger partial charge on any atom is 0.223 e. The number of rotatable bonds is 9. The van der Waals surface area contributed by atoms with Crippen molar-refractivity contribution in [1.82, 2.24) is 20.4 Å². The average molecular weight is 440 g/mol. The van der Waals surface area contributed by atoms with E-state index in [-0.39, 0.29) is 23.7 Å². The topological polar surface area (TPSA) is 60.0 Å². The third-order valence-electron chi connectivity index (χ3n) is 5.91. The van der Waals surface area contributed by atoms with E-state index in [2.05, 4.69) is 32.7 Å².